The average molecular weight is 364 g/mol. The summed E-state index contributed by atoms with van der Waals surface area (Å²) in [4.78, 5) is 33.0. The van der Waals surface area contributed by atoms with Gasteiger partial charge in [0.15, 0.2) is 0 Å². The SMILES string of the molecule is CC1CCN(c2nn3c(C(=O)NCCN(C)C)cc(=O)nc3s2)CC1. The minimum Gasteiger partial charge on any atom is -0.349 e. The van der Waals surface area contributed by atoms with Gasteiger partial charge in [0.1, 0.15) is 5.69 Å². The predicted molar refractivity (Wildman–Crippen MR) is 98.6 cm³/mol. The fourth-order valence-electron chi connectivity index (χ4n) is 2.78. The third-order valence-corrected chi connectivity index (χ3v) is 5.34. The molecular weight excluding hydrogens is 340 g/mol. The van der Waals surface area contributed by atoms with Gasteiger partial charge in [0, 0.05) is 32.2 Å². The highest BCUT2D eigenvalue weighted by Crippen LogP contribution is 2.27. The van der Waals surface area contributed by atoms with Gasteiger partial charge in [-0.1, -0.05) is 18.3 Å². The van der Waals surface area contributed by atoms with E-state index in [1.807, 2.05) is 19.0 Å². The molecule has 9 heteroatoms. The zero-order valence-corrected chi connectivity index (χ0v) is 15.7. The van der Waals surface area contributed by atoms with Crippen molar-refractivity contribution in [2.45, 2.75) is 19.8 Å². The number of fused-ring (bicyclic) bond motifs is 1. The summed E-state index contributed by atoms with van der Waals surface area (Å²) in [6, 6.07) is 1.25. The summed E-state index contributed by atoms with van der Waals surface area (Å²) in [6.45, 7) is 5.37. The first-order valence-electron chi connectivity index (χ1n) is 8.53. The van der Waals surface area contributed by atoms with Gasteiger partial charge in [-0.15, -0.1) is 5.10 Å². The lowest BCUT2D eigenvalue weighted by Gasteiger charge is -2.29. The van der Waals surface area contributed by atoms with Gasteiger partial charge in [-0.2, -0.15) is 9.50 Å². The van der Waals surface area contributed by atoms with Crippen LogP contribution in [0.3, 0.4) is 0 Å². The Morgan fingerprint density at radius 3 is 2.80 bits per heavy atom. The molecule has 2 aromatic rings. The molecule has 1 aliphatic rings. The van der Waals surface area contributed by atoms with Gasteiger partial charge in [-0.3, -0.25) is 9.59 Å². The fourth-order valence-corrected chi connectivity index (χ4v) is 3.74. The fraction of sp³-hybridized carbons (Fsp3) is 0.625. The molecule has 0 radical (unpaired) electrons. The maximum absolute atomic E-state index is 12.5. The highest BCUT2D eigenvalue weighted by molar-refractivity contribution is 7.20. The third-order valence-electron chi connectivity index (χ3n) is 4.37. The van der Waals surface area contributed by atoms with Crippen molar-refractivity contribution in [1.82, 2.24) is 24.8 Å². The molecule has 3 rings (SSSR count). The molecule has 0 bridgehead atoms. The van der Waals surface area contributed by atoms with E-state index in [1.54, 1.807) is 0 Å². The van der Waals surface area contributed by atoms with Gasteiger partial charge in [-0.05, 0) is 32.9 Å². The molecule has 3 heterocycles. The van der Waals surface area contributed by atoms with Crippen LogP contribution in [-0.4, -0.2) is 65.7 Å². The molecule has 25 heavy (non-hydrogen) atoms. The van der Waals surface area contributed by atoms with Gasteiger partial charge in [0.05, 0.1) is 0 Å². The molecule has 1 aliphatic heterocycles. The zero-order chi connectivity index (χ0) is 18.0. The van der Waals surface area contributed by atoms with E-state index in [9.17, 15) is 9.59 Å². The summed E-state index contributed by atoms with van der Waals surface area (Å²) in [6.07, 6.45) is 2.25. The highest BCUT2D eigenvalue weighted by Gasteiger charge is 2.21. The zero-order valence-electron chi connectivity index (χ0n) is 14.9. The first-order valence-corrected chi connectivity index (χ1v) is 9.34. The van der Waals surface area contributed by atoms with E-state index >= 15 is 0 Å². The Balaban J connectivity index is 1.85. The van der Waals surface area contributed by atoms with Crippen LogP contribution in [0.5, 0.6) is 0 Å². The van der Waals surface area contributed by atoms with Crippen molar-refractivity contribution in [3.8, 4) is 0 Å². The number of rotatable bonds is 5. The van der Waals surface area contributed by atoms with Crippen molar-refractivity contribution >= 4 is 27.3 Å². The Bertz CT molecular complexity index is 807. The Hall–Kier alpha value is -2.00. The van der Waals surface area contributed by atoms with E-state index < -0.39 is 5.56 Å². The first-order chi connectivity index (χ1) is 11.9. The van der Waals surface area contributed by atoms with Crippen LogP contribution in [0.15, 0.2) is 10.9 Å². The van der Waals surface area contributed by atoms with Gasteiger partial charge >= 0.3 is 0 Å². The largest absolute Gasteiger partial charge is 0.349 e. The second-order valence-electron chi connectivity index (χ2n) is 6.79. The molecular formula is C16H24N6O2S. The van der Waals surface area contributed by atoms with Crippen LogP contribution < -0.4 is 15.8 Å². The van der Waals surface area contributed by atoms with E-state index in [-0.39, 0.29) is 11.6 Å². The van der Waals surface area contributed by atoms with E-state index in [0.29, 0.717) is 11.5 Å². The topological polar surface area (TPSA) is 82.8 Å². The van der Waals surface area contributed by atoms with E-state index in [1.165, 1.54) is 21.9 Å². The summed E-state index contributed by atoms with van der Waals surface area (Å²) in [5.41, 5.74) is -0.179. The monoisotopic (exact) mass is 364 g/mol. The molecule has 0 spiro atoms. The number of amides is 1. The maximum Gasteiger partial charge on any atom is 0.274 e. The number of hydrogen-bond donors (Lipinski definition) is 1. The predicted octanol–water partition coefficient (Wildman–Crippen LogP) is 0.679. The molecule has 0 saturated carbocycles. The number of likely N-dealkylation sites (N-methyl/N-ethyl adjacent to an activating group) is 1. The molecule has 2 aromatic heterocycles. The van der Waals surface area contributed by atoms with Crippen molar-refractivity contribution in [3.63, 3.8) is 0 Å². The molecule has 1 amide bonds. The standard InChI is InChI=1S/C16H24N6O2S/c1-11-4-7-21(8-5-11)16-19-22-12(10-13(23)18-15(22)25-16)14(24)17-6-9-20(2)3/h10-11H,4-9H2,1-3H3,(H,17,24). The number of nitrogens with one attached hydrogen (secondary N) is 1. The van der Waals surface area contributed by atoms with Gasteiger partial charge in [0.25, 0.3) is 11.5 Å². The first kappa shape index (κ1) is 17.8. The minimum atomic E-state index is -0.416. The molecule has 1 fully saturated rings. The summed E-state index contributed by atoms with van der Waals surface area (Å²) in [7, 11) is 3.88. The Morgan fingerprint density at radius 2 is 2.12 bits per heavy atom. The number of carbonyl (C=O) groups excluding carboxylic acids is 1. The van der Waals surface area contributed by atoms with Crippen LogP contribution in [0, 0.1) is 5.92 Å². The normalized spacial score (nSPS) is 15.9. The van der Waals surface area contributed by atoms with Crippen LogP contribution >= 0.6 is 11.3 Å². The highest BCUT2D eigenvalue weighted by atomic mass is 32.1. The number of carbonyl (C=O) groups is 1. The van der Waals surface area contributed by atoms with Crippen LogP contribution in [0.1, 0.15) is 30.3 Å². The molecule has 1 saturated heterocycles. The Morgan fingerprint density at radius 1 is 1.40 bits per heavy atom. The number of anilines is 1. The Labute approximate surface area is 150 Å². The molecule has 1 N–H and O–H groups in total. The van der Waals surface area contributed by atoms with E-state index in [2.05, 4.69) is 27.2 Å². The molecule has 0 aliphatic carbocycles. The van der Waals surface area contributed by atoms with Gasteiger partial charge in [-0.25, -0.2) is 0 Å². The number of hydrogen-bond acceptors (Lipinski definition) is 7. The molecule has 136 valence electrons. The molecule has 0 atom stereocenters. The number of nitrogens with zero attached hydrogens (tertiary/aromatic N) is 5. The Kier molecular flexibility index (Phi) is 5.33. The second kappa shape index (κ2) is 7.49. The summed E-state index contributed by atoms with van der Waals surface area (Å²) < 4.78 is 1.49. The van der Waals surface area contributed by atoms with Crippen LogP contribution in [0.2, 0.25) is 0 Å². The quantitative estimate of drug-likeness (QED) is 0.840. The molecule has 0 aromatic carbocycles. The maximum atomic E-state index is 12.5. The summed E-state index contributed by atoms with van der Waals surface area (Å²) in [5, 5.41) is 8.19. The van der Waals surface area contributed by atoms with Crippen LogP contribution in [-0.2, 0) is 0 Å². The number of aromatic nitrogens is 3. The molecule has 0 unspecified atom stereocenters. The lowest BCUT2D eigenvalue weighted by atomic mass is 10.00. The van der Waals surface area contributed by atoms with Crippen molar-refractivity contribution < 1.29 is 4.79 Å². The van der Waals surface area contributed by atoms with E-state index in [0.717, 1.165) is 43.5 Å². The summed E-state index contributed by atoms with van der Waals surface area (Å²) >= 11 is 1.36. The number of piperidine rings is 1. The van der Waals surface area contributed by atoms with Crippen molar-refractivity contribution in [3.05, 3.63) is 22.1 Å². The van der Waals surface area contributed by atoms with Crippen molar-refractivity contribution in [1.29, 1.82) is 0 Å². The lowest BCUT2D eigenvalue weighted by Crippen LogP contribution is -2.34. The van der Waals surface area contributed by atoms with Crippen LogP contribution in [0.4, 0.5) is 5.13 Å². The molecule has 8 nitrogen and oxygen atoms in total. The van der Waals surface area contributed by atoms with E-state index in [4.69, 9.17) is 0 Å². The van der Waals surface area contributed by atoms with Crippen molar-refractivity contribution in [2.24, 2.45) is 5.92 Å². The van der Waals surface area contributed by atoms with Crippen LogP contribution in [0.25, 0.3) is 4.96 Å². The minimum absolute atomic E-state index is 0.238. The lowest BCUT2D eigenvalue weighted by molar-refractivity contribution is 0.0943. The average Bonchev–Trinajstić information content (AvgIpc) is 2.98. The van der Waals surface area contributed by atoms with Gasteiger partial charge < -0.3 is 15.1 Å². The van der Waals surface area contributed by atoms with Crippen molar-refractivity contribution in [2.75, 3.05) is 45.2 Å². The third kappa shape index (κ3) is 4.16. The summed E-state index contributed by atoms with van der Waals surface area (Å²) in [5.74, 6) is 0.420. The van der Waals surface area contributed by atoms with Gasteiger partial charge in [0.2, 0.25) is 10.1 Å². The second-order valence-corrected chi connectivity index (χ2v) is 7.72. The smallest absolute Gasteiger partial charge is 0.274 e.